The standard InChI is InChI=1S/C27H30ClN3O3.ClH/c1-34-24-12-18(11-22(28)27(24)33)17-6-9-23-20(10-17)25(21(14-30-23)26(32)16-4-5-16)31-19-7-2-15(13-29)3-8-19;/h6,9-12,14-16,19,33H,2-5,7-8,13,29H2,1H3,(H,30,31);1H. The van der Waals surface area contributed by atoms with E-state index in [9.17, 15) is 9.90 Å². The van der Waals surface area contributed by atoms with Crippen molar-refractivity contribution in [2.45, 2.75) is 44.6 Å². The van der Waals surface area contributed by atoms with Crippen molar-refractivity contribution in [3.63, 3.8) is 0 Å². The number of ketones is 1. The van der Waals surface area contributed by atoms with Crippen LogP contribution in [0, 0.1) is 11.8 Å². The Labute approximate surface area is 216 Å². The van der Waals surface area contributed by atoms with Gasteiger partial charge in [0.15, 0.2) is 17.3 Å². The zero-order chi connectivity index (χ0) is 23.8. The van der Waals surface area contributed by atoms with E-state index in [2.05, 4.69) is 10.3 Å². The lowest BCUT2D eigenvalue weighted by molar-refractivity contribution is 0.0968. The van der Waals surface area contributed by atoms with Crippen molar-refractivity contribution < 1.29 is 14.6 Å². The number of Topliss-reactive ketones (excluding diaryl/α,β-unsaturated/α-hetero) is 1. The molecule has 8 heteroatoms. The Bertz CT molecular complexity index is 1240. The number of benzene rings is 2. The average molecular weight is 516 g/mol. The third-order valence-corrected chi connectivity index (χ3v) is 7.48. The Kier molecular flexibility index (Phi) is 7.74. The normalized spacial score (nSPS) is 19.7. The van der Waals surface area contributed by atoms with E-state index >= 15 is 0 Å². The van der Waals surface area contributed by atoms with Crippen LogP contribution in [0.25, 0.3) is 22.0 Å². The summed E-state index contributed by atoms with van der Waals surface area (Å²) in [5, 5.41) is 15.0. The van der Waals surface area contributed by atoms with Gasteiger partial charge in [0.05, 0.1) is 28.9 Å². The molecule has 35 heavy (non-hydrogen) atoms. The largest absolute Gasteiger partial charge is 0.503 e. The first kappa shape index (κ1) is 25.5. The summed E-state index contributed by atoms with van der Waals surface area (Å²) < 4.78 is 5.29. The number of ether oxygens (including phenoxy) is 1. The van der Waals surface area contributed by atoms with Crippen LogP contribution >= 0.6 is 24.0 Å². The Balaban J connectivity index is 0.00000289. The number of nitrogens with one attached hydrogen (secondary N) is 1. The number of halogens is 2. The van der Waals surface area contributed by atoms with Gasteiger partial charge in [-0.1, -0.05) is 17.7 Å². The fourth-order valence-corrected chi connectivity index (χ4v) is 5.13. The minimum atomic E-state index is -0.0804. The predicted molar refractivity (Wildman–Crippen MR) is 143 cm³/mol. The molecule has 6 nitrogen and oxygen atoms in total. The summed E-state index contributed by atoms with van der Waals surface area (Å²) in [6.45, 7) is 0.734. The second-order valence-corrected chi connectivity index (χ2v) is 9.93. The molecule has 2 aliphatic rings. The molecule has 0 radical (unpaired) electrons. The molecule has 0 amide bonds. The Hall–Kier alpha value is -2.54. The maximum Gasteiger partial charge on any atom is 0.176 e. The highest BCUT2D eigenvalue weighted by atomic mass is 35.5. The zero-order valence-electron chi connectivity index (χ0n) is 19.7. The van der Waals surface area contributed by atoms with Gasteiger partial charge in [-0.05, 0) is 86.4 Å². The molecule has 2 fully saturated rings. The molecule has 4 N–H and O–H groups in total. The van der Waals surface area contributed by atoms with E-state index in [1.54, 1.807) is 18.3 Å². The van der Waals surface area contributed by atoms with Crippen LogP contribution in [-0.4, -0.2) is 35.6 Å². The minimum absolute atomic E-state index is 0. The van der Waals surface area contributed by atoms with Crippen molar-refractivity contribution in [2.24, 2.45) is 17.6 Å². The van der Waals surface area contributed by atoms with Crippen LogP contribution in [0.15, 0.2) is 36.5 Å². The highest BCUT2D eigenvalue weighted by Gasteiger charge is 2.33. The molecule has 3 aromatic rings. The van der Waals surface area contributed by atoms with Crippen LogP contribution in [0.3, 0.4) is 0 Å². The summed E-state index contributed by atoms with van der Waals surface area (Å²) in [7, 11) is 1.50. The maximum atomic E-state index is 13.2. The second kappa shape index (κ2) is 10.6. The molecule has 0 saturated heterocycles. The Morgan fingerprint density at radius 1 is 1.14 bits per heavy atom. The molecule has 0 unspecified atom stereocenters. The number of phenolic OH excluding ortho intramolecular Hbond substituents is 1. The number of rotatable bonds is 7. The number of nitrogens with two attached hydrogens (primary N) is 1. The molecule has 186 valence electrons. The zero-order valence-corrected chi connectivity index (χ0v) is 21.3. The molecule has 2 aliphatic carbocycles. The van der Waals surface area contributed by atoms with E-state index in [0.29, 0.717) is 23.3 Å². The van der Waals surface area contributed by atoms with Crippen LogP contribution in [0.1, 0.15) is 48.9 Å². The monoisotopic (exact) mass is 515 g/mol. The van der Waals surface area contributed by atoms with E-state index in [1.165, 1.54) is 7.11 Å². The lowest BCUT2D eigenvalue weighted by atomic mass is 9.85. The van der Waals surface area contributed by atoms with Crippen LogP contribution < -0.4 is 15.8 Å². The van der Waals surface area contributed by atoms with Gasteiger partial charge < -0.3 is 20.9 Å². The van der Waals surface area contributed by atoms with Gasteiger partial charge in [-0.15, -0.1) is 12.4 Å². The molecule has 0 atom stereocenters. The van der Waals surface area contributed by atoms with Crippen LogP contribution in [0.4, 0.5) is 5.69 Å². The van der Waals surface area contributed by atoms with Crippen molar-refractivity contribution in [2.75, 3.05) is 19.0 Å². The lowest BCUT2D eigenvalue weighted by Crippen LogP contribution is -2.29. The van der Waals surface area contributed by atoms with Gasteiger partial charge in [0.2, 0.25) is 0 Å². The van der Waals surface area contributed by atoms with E-state index in [1.807, 2.05) is 18.2 Å². The summed E-state index contributed by atoms with van der Waals surface area (Å²) in [5.74, 6) is 1.10. The SMILES string of the molecule is COc1cc(-c2ccc3ncc(C(=O)C4CC4)c(NC4CCC(CN)CC4)c3c2)cc(Cl)c1O.Cl. The number of pyridine rings is 1. The number of nitrogens with zero attached hydrogens (tertiary/aromatic N) is 1. The number of hydrogen-bond donors (Lipinski definition) is 3. The number of aromatic nitrogens is 1. The molecule has 5 rings (SSSR count). The van der Waals surface area contributed by atoms with Gasteiger partial charge in [-0.3, -0.25) is 9.78 Å². The Morgan fingerprint density at radius 3 is 2.54 bits per heavy atom. The van der Waals surface area contributed by atoms with Crippen molar-refractivity contribution >= 4 is 46.4 Å². The topological polar surface area (TPSA) is 97.5 Å². The van der Waals surface area contributed by atoms with E-state index in [0.717, 1.165) is 72.8 Å². The summed E-state index contributed by atoms with van der Waals surface area (Å²) in [6.07, 6.45) is 7.89. The summed E-state index contributed by atoms with van der Waals surface area (Å²) in [6, 6.07) is 9.74. The second-order valence-electron chi connectivity index (χ2n) is 9.52. The van der Waals surface area contributed by atoms with E-state index in [4.69, 9.17) is 22.1 Å². The molecule has 0 aliphatic heterocycles. The van der Waals surface area contributed by atoms with Gasteiger partial charge in [0.25, 0.3) is 0 Å². The highest BCUT2D eigenvalue weighted by molar-refractivity contribution is 6.32. The van der Waals surface area contributed by atoms with Crippen LogP contribution in [-0.2, 0) is 0 Å². The van der Waals surface area contributed by atoms with Crippen molar-refractivity contribution in [1.82, 2.24) is 4.98 Å². The minimum Gasteiger partial charge on any atom is -0.503 e. The predicted octanol–water partition coefficient (Wildman–Crippen LogP) is 6.21. The Morgan fingerprint density at radius 2 is 1.89 bits per heavy atom. The molecule has 0 spiro atoms. The summed E-state index contributed by atoms with van der Waals surface area (Å²) >= 11 is 6.25. The number of fused-ring (bicyclic) bond motifs is 1. The first-order chi connectivity index (χ1) is 16.5. The number of phenols is 1. The van der Waals surface area contributed by atoms with Crippen molar-refractivity contribution in [3.8, 4) is 22.6 Å². The number of aromatic hydroxyl groups is 1. The number of methoxy groups -OCH3 is 1. The summed E-state index contributed by atoms with van der Waals surface area (Å²) in [4.78, 5) is 17.8. The fourth-order valence-electron chi connectivity index (χ4n) is 4.92. The van der Waals surface area contributed by atoms with Gasteiger partial charge >= 0.3 is 0 Å². The van der Waals surface area contributed by atoms with Gasteiger partial charge in [0, 0.05) is 23.5 Å². The number of carbonyl (C=O) groups excluding carboxylic acids is 1. The average Bonchev–Trinajstić information content (AvgIpc) is 3.71. The van der Waals surface area contributed by atoms with Crippen LogP contribution in [0.2, 0.25) is 5.02 Å². The summed E-state index contributed by atoms with van der Waals surface area (Å²) in [5.41, 5.74) is 9.98. The molecular weight excluding hydrogens is 485 g/mol. The number of anilines is 1. The lowest BCUT2D eigenvalue weighted by Gasteiger charge is -2.30. The van der Waals surface area contributed by atoms with Crippen molar-refractivity contribution in [1.29, 1.82) is 0 Å². The molecule has 0 bridgehead atoms. The maximum absolute atomic E-state index is 13.2. The van der Waals surface area contributed by atoms with Crippen LogP contribution in [0.5, 0.6) is 11.5 Å². The van der Waals surface area contributed by atoms with E-state index in [-0.39, 0.29) is 34.9 Å². The first-order valence-corrected chi connectivity index (χ1v) is 12.4. The molecular formula is C27H31Cl2N3O3. The molecule has 1 aromatic heterocycles. The highest BCUT2D eigenvalue weighted by Crippen LogP contribution is 2.41. The molecule has 1 heterocycles. The quantitative estimate of drug-likeness (QED) is 0.323. The third kappa shape index (κ3) is 5.20. The first-order valence-electron chi connectivity index (χ1n) is 12.0. The molecule has 2 saturated carbocycles. The number of carbonyl (C=O) groups is 1. The van der Waals surface area contributed by atoms with Gasteiger partial charge in [-0.2, -0.15) is 0 Å². The fraction of sp³-hybridized carbons (Fsp3) is 0.407. The van der Waals surface area contributed by atoms with E-state index < -0.39 is 0 Å². The van der Waals surface area contributed by atoms with Gasteiger partial charge in [0.1, 0.15) is 0 Å². The third-order valence-electron chi connectivity index (χ3n) is 7.19. The van der Waals surface area contributed by atoms with Crippen molar-refractivity contribution in [3.05, 3.63) is 47.1 Å². The number of hydrogen-bond acceptors (Lipinski definition) is 6. The van der Waals surface area contributed by atoms with Gasteiger partial charge in [-0.25, -0.2) is 0 Å². The smallest absolute Gasteiger partial charge is 0.176 e. The molecule has 2 aromatic carbocycles.